The number of aromatic hydroxyl groups is 1. The monoisotopic (exact) mass is 503 g/mol. The summed E-state index contributed by atoms with van der Waals surface area (Å²) in [5.41, 5.74) is 2.06. The summed E-state index contributed by atoms with van der Waals surface area (Å²) < 4.78 is 5.55. The van der Waals surface area contributed by atoms with Gasteiger partial charge in [-0.15, -0.1) is 0 Å². The molecule has 3 aliphatic carbocycles. The molecule has 1 aromatic rings. The summed E-state index contributed by atoms with van der Waals surface area (Å²) in [6.45, 7) is 1.62. The lowest BCUT2D eigenvalue weighted by molar-refractivity contribution is -0.195. The number of primary amides is 1. The third-order valence-electron chi connectivity index (χ3n) is 7.46. The van der Waals surface area contributed by atoms with Crippen LogP contribution in [0.25, 0.3) is 5.76 Å². The third kappa shape index (κ3) is 3.56. The lowest BCUT2D eigenvalue weighted by Crippen LogP contribution is -2.70. The van der Waals surface area contributed by atoms with Gasteiger partial charge in [-0.2, -0.15) is 0 Å². The lowest BCUT2D eigenvalue weighted by atomic mass is 9.53. The number of ether oxygens (including phenoxy) is 1. The van der Waals surface area contributed by atoms with Crippen molar-refractivity contribution in [3.63, 3.8) is 0 Å². The van der Waals surface area contributed by atoms with Crippen molar-refractivity contribution in [1.82, 2.24) is 0 Å². The maximum absolute atomic E-state index is 13.7. The normalized spacial score (nSPS) is 33.3. The van der Waals surface area contributed by atoms with Crippen LogP contribution in [-0.4, -0.2) is 72.8 Å². The number of amides is 1. The Morgan fingerprint density at radius 1 is 1.17 bits per heavy atom. The number of aliphatic hydroxyl groups is 3. The van der Waals surface area contributed by atoms with Gasteiger partial charge in [0.2, 0.25) is 11.7 Å². The highest BCUT2D eigenvalue weighted by molar-refractivity contribution is 6.25. The topological polar surface area (TPSA) is 222 Å². The van der Waals surface area contributed by atoms with Gasteiger partial charge in [-0.3, -0.25) is 24.0 Å². The number of hydrogen-bond donors (Lipinski definition) is 6. The first-order valence-electron chi connectivity index (χ1n) is 11.3. The summed E-state index contributed by atoms with van der Waals surface area (Å²) in [5.74, 6) is -12.6. The summed E-state index contributed by atoms with van der Waals surface area (Å²) in [4.78, 5) is 62.4. The van der Waals surface area contributed by atoms with Crippen molar-refractivity contribution in [2.45, 2.75) is 49.9 Å². The first-order valence-corrected chi connectivity index (χ1v) is 11.3. The number of carboxylic acids is 1. The van der Waals surface area contributed by atoms with Crippen LogP contribution in [0.1, 0.15) is 43.2 Å². The fraction of sp³-hybridized carbons (Fsp3) is 0.458. The van der Waals surface area contributed by atoms with E-state index in [1.54, 1.807) is 13.0 Å². The van der Waals surface area contributed by atoms with Crippen LogP contribution < -0.4 is 5.73 Å². The molecule has 7 N–H and O–H groups in total. The predicted octanol–water partition coefficient (Wildman–Crippen LogP) is -0.464. The molecule has 0 heterocycles. The quantitative estimate of drug-likeness (QED) is 0.223. The van der Waals surface area contributed by atoms with Crippen LogP contribution in [0, 0.1) is 17.8 Å². The summed E-state index contributed by atoms with van der Waals surface area (Å²) in [5, 5.41) is 52.4. The Hall–Kier alpha value is -3.77. The second kappa shape index (κ2) is 8.71. The van der Waals surface area contributed by atoms with E-state index in [1.165, 1.54) is 12.1 Å². The number of rotatable bonds is 5. The van der Waals surface area contributed by atoms with Crippen LogP contribution in [0.5, 0.6) is 5.75 Å². The minimum Gasteiger partial charge on any atom is -0.507 e. The van der Waals surface area contributed by atoms with Gasteiger partial charge in [-0.1, -0.05) is 19.1 Å². The number of carbonyl (C=O) groups is 5. The van der Waals surface area contributed by atoms with Gasteiger partial charge in [0, 0.05) is 17.4 Å². The maximum Gasteiger partial charge on any atom is 0.306 e. The molecule has 192 valence electrons. The SMILES string of the molecule is C[C@H]1c2cccc(O)c2C(O)=C2C(=O)[C@]3(O)C(=O)C(C(N)=O)C(O)C[C@@H]3[C@@H](OC(=O)CCC(=O)O)[C@@H]21. The molecular weight excluding hydrogens is 478 g/mol. The maximum atomic E-state index is 13.7. The molecule has 0 aliphatic heterocycles. The van der Waals surface area contributed by atoms with Crippen molar-refractivity contribution in [3.8, 4) is 5.75 Å². The molecular formula is C24H25NO11. The van der Waals surface area contributed by atoms with E-state index in [2.05, 4.69) is 0 Å². The number of esters is 1. The highest BCUT2D eigenvalue weighted by Crippen LogP contribution is 2.56. The minimum absolute atomic E-state index is 0.0997. The van der Waals surface area contributed by atoms with Crippen molar-refractivity contribution in [2.75, 3.05) is 0 Å². The second-order valence-corrected chi connectivity index (χ2v) is 9.42. The van der Waals surface area contributed by atoms with Crippen molar-refractivity contribution >= 4 is 35.2 Å². The first-order chi connectivity index (χ1) is 16.8. The number of nitrogens with two attached hydrogens (primary N) is 1. The Bertz CT molecular complexity index is 1220. The number of phenolic OH excluding ortho intramolecular Hbond substituents is 1. The van der Waals surface area contributed by atoms with E-state index in [-0.39, 0.29) is 11.3 Å². The zero-order valence-electron chi connectivity index (χ0n) is 19.1. The molecule has 0 aromatic heterocycles. The molecule has 2 saturated carbocycles. The number of aliphatic hydroxyl groups excluding tert-OH is 2. The Labute approximate surface area is 204 Å². The molecule has 0 spiro atoms. The Morgan fingerprint density at radius 3 is 2.44 bits per heavy atom. The predicted molar refractivity (Wildman–Crippen MR) is 118 cm³/mol. The summed E-state index contributed by atoms with van der Waals surface area (Å²) in [6.07, 6.45) is -4.83. The Morgan fingerprint density at radius 2 is 1.83 bits per heavy atom. The summed E-state index contributed by atoms with van der Waals surface area (Å²) in [6, 6.07) is 4.34. The molecule has 7 atom stereocenters. The number of ketones is 2. The highest BCUT2D eigenvalue weighted by atomic mass is 16.5. The van der Waals surface area contributed by atoms with Crippen LogP contribution in [-0.2, 0) is 28.7 Å². The minimum atomic E-state index is -2.99. The van der Waals surface area contributed by atoms with Crippen LogP contribution in [0.15, 0.2) is 23.8 Å². The van der Waals surface area contributed by atoms with Crippen LogP contribution in [0.4, 0.5) is 0 Å². The molecule has 4 rings (SSSR count). The van der Waals surface area contributed by atoms with E-state index in [0.29, 0.717) is 5.56 Å². The third-order valence-corrected chi connectivity index (χ3v) is 7.46. The number of aliphatic carboxylic acids is 1. The van der Waals surface area contributed by atoms with Crippen molar-refractivity contribution in [1.29, 1.82) is 0 Å². The van der Waals surface area contributed by atoms with Crippen LogP contribution in [0.3, 0.4) is 0 Å². The summed E-state index contributed by atoms with van der Waals surface area (Å²) >= 11 is 0. The second-order valence-electron chi connectivity index (χ2n) is 9.42. The Kier molecular flexibility index (Phi) is 6.13. The molecule has 0 bridgehead atoms. The van der Waals surface area contributed by atoms with Crippen molar-refractivity contribution in [3.05, 3.63) is 34.9 Å². The zero-order valence-corrected chi connectivity index (χ0v) is 19.1. The molecule has 1 amide bonds. The van der Waals surface area contributed by atoms with E-state index in [4.69, 9.17) is 15.6 Å². The van der Waals surface area contributed by atoms with Gasteiger partial charge in [-0.25, -0.2) is 0 Å². The standard InChI is InChI=1S/C24H25NO11/c1-8-9-3-2-4-11(26)16(9)19(31)18-15(8)20(36-14(30)6-5-13(28)29)10-7-12(27)17(23(25)34)21(32)24(10,35)22(18)33/h2-4,8,10,12,15,17,20,26-27,31,35H,5-7H2,1H3,(H2,25,34)(H,28,29)/t8-,10+,12?,15+,17?,20+,24+/m0/s1. The van der Waals surface area contributed by atoms with Gasteiger partial charge in [0.1, 0.15) is 23.5 Å². The number of fused-ring (bicyclic) bond motifs is 3. The van der Waals surface area contributed by atoms with Gasteiger partial charge >= 0.3 is 11.9 Å². The molecule has 1 aromatic carbocycles. The molecule has 3 aliphatic rings. The highest BCUT2D eigenvalue weighted by Gasteiger charge is 2.68. The number of carbonyl (C=O) groups excluding carboxylic acids is 4. The average Bonchev–Trinajstić information content (AvgIpc) is 2.79. The molecule has 2 fully saturated rings. The number of carboxylic acid groups (broad SMARTS) is 1. The first kappa shape index (κ1) is 25.3. The fourth-order valence-corrected chi connectivity index (χ4v) is 5.80. The smallest absolute Gasteiger partial charge is 0.306 e. The molecule has 0 radical (unpaired) electrons. The number of hydrogen-bond acceptors (Lipinski definition) is 10. The van der Waals surface area contributed by atoms with Crippen LogP contribution >= 0.6 is 0 Å². The van der Waals surface area contributed by atoms with E-state index >= 15 is 0 Å². The van der Waals surface area contributed by atoms with Crippen molar-refractivity contribution in [2.24, 2.45) is 23.5 Å². The number of Topliss-reactive ketones (excluding diaryl/α,β-unsaturated/α-hetero) is 2. The lowest BCUT2D eigenvalue weighted by Gasteiger charge is -2.53. The molecule has 0 saturated heterocycles. The van der Waals surface area contributed by atoms with Gasteiger partial charge < -0.3 is 36.0 Å². The zero-order chi connectivity index (χ0) is 26.7. The van der Waals surface area contributed by atoms with Gasteiger partial charge in [0.25, 0.3) is 0 Å². The molecule has 12 heteroatoms. The largest absolute Gasteiger partial charge is 0.507 e. The summed E-state index contributed by atoms with van der Waals surface area (Å²) in [7, 11) is 0. The molecule has 2 unspecified atom stereocenters. The number of phenols is 1. The fourth-order valence-electron chi connectivity index (χ4n) is 5.80. The van der Waals surface area contributed by atoms with E-state index in [1.807, 2.05) is 0 Å². The average molecular weight is 503 g/mol. The van der Waals surface area contributed by atoms with E-state index < -0.39 is 101 Å². The van der Waals surface area contributed by atoms with Crippen LogP contribution in [0.2, 0.25) is 0 Å². The van der Waals surface area contributed by atoms with E-state index in [9.17, 15) is 44.4 Å². The van der Waals surface area contributed by atoms with Gasteiger partial charge in [-0.05, 0) is 24.0 Å². The van der Waals surface area contributed by atoms with Crippen molar-refractivity contribution < 1.29 is 54.2 Å². The van der Waals surface area contributed by atoms with Gasteiger partial charge in [0.05, 0.1) is 24.5 Å². The Balaban J connectivity index is 1.92. The molecule has 12 nitrogen and oxygen atoms in total. The molecule has 36 heavy (non-hydrogen) atoms. The van der Waals surface area contributed by atoms with Gasteiger partial charge in [0.15, 0.2) is 11.4 Å². The van der Waals surface area contributed by atoms with E-state index in [0.717, 1.165) is 0 Å². The number of benzene rings is 1.